The minimum absolute atomic E-state index is 0.0122. The number of ether oxygens (including phenoxy) is 1. The number of hydrogen-bond acceptors (Lipinski definition) is 3. The molecular formula is C30H34N4O2. The van der Waals surface area contributed by atoms with Crippen LogP contribution in [0.3, 0.4) is 0 Å². The smallest absolute Gasteiger partial charge is 0.315 e. The molecule has 0 aliphatic heterocycles. The first-order chi connectivity index (χ1) is 17.6. The van der Waals surface area contributed by atoms with Crippen LogP contribution >= 0.6 is 0 Å². The van der Waals surface area contributed by atoms with Gasteiger partial charge in [-0.25, -0.2) is 9.78 Å². The number of methoxy groups -OCH3 is 1. The highest BCUT2D eigenvalue weighted by molar-refractivity contribution is 5.76. The van der Waals surface area contributed by atoms with Gasteiger partial charge in [0.15, 0.2) is 0 Å². The van der Waals surface area contributed by atoms with Crippen molar-refractivity contribution in [2.24, 2.45) is 0 Å². The zero-order valence-corrected chi connectivity index (χ0v) is 20.8. The van der Waals surface area contributed by atoms with E-state index in [1.54, 1.807) is 7.11 Å². The molecule has 36 heavy (non-hydrogen) atoms. The predicted molar refractivity (Wildman–Crippen MR) is 143 cm³/mol. The van der Waals surface area contributed by atoms with Crippen LogP contribution in [0.15, 0.2) is 78.9 Å². The third-order valence-corrected chi connectivity index (χ3v) is 7.43. The van der Waals surface area contributed by atoms with Crippen molar-refractivity contribution in [1.29, 1.82) is 0 Å². The lowest BCUT2D eigenvalue weighted by Gasteiger charge is -2.38. The van der Waals surface area contributed by atoms with E-state index in [4.69, 9.17) is 9.72 Å². The number of para-hydroxylation sites is 2. The topological polar surface area (TPSA) is 79.0 Å². The van der Waals surface area contributed by atoms with Gasteiger partial charge in [0, 0.05) is 12.0 Å². The van der Waals surface area contributed by atoms with E-state index in [0.29, 0.717) is 13.0 Å². The second-order valence-corrected chi connectivity index (χ2v) is 9.78. The Balaban J connectivity index is 1.34. The Kier molecular flexibility index (Phi) is 7.21. The molecule has 2 amide bonds. The summed E-state index contributed by atoms with van der Waals surface area (Å²) in [6.07, 6.45) is 6.44. The number of carbonyl (C=O) groups excluding carboxylic acids is 1. The molecule has 6 nitrogen and oxygen atoms in total. The van der Waals surface area contributed by atoms with Crippen LogP contribution in [0.4, 0.5) is 4.79 Å². The molecule has 1 saturated carbocycles. The van der Waals surface area contributed by atoms with Gasteiger partial charge in [-0.15, -0.1) is 0 Å². The van der Waals surface area contributed by atoms with E-state index in [1.165, 1.54) is 24.8 Å². The van der Waals surface area contributed by atoms with E-state index in [2.05, 4.69) is 45.9 Å². The zero-order valence-electron chi connectivity index (χ0n) is 20.8. The van der Waals surface area contributed by atoms with Gasteiger partial charge < -0.3 is 20.4 Å². The third-order valence-electron chi connectivity index (χ3n) is 7.43. The molecule has 3 N–H and O–H groups in total. The number of imidazole rings is 1. The van der Waals surface area contributed by atoms with E-state index < -0.39 is 0 Å². The highest BCUT2D eigenvalue weighted by Crippen LogP contribution is 2.39. The van der Waals surface area contributed by atoms with Crippen molar-refractivity contribution >= 4 is 17.1 Å². The number of aromatic nitrogens is 2. The molecule has 1 fully saturated rings. The molecule has 1 aromatic heterocycles. The summed E-state index contributed by atoms with van der Waals surface area (Å²) >= 11 is 0. The monoisotopic (exact) mass is 482 g/mol. The van der Waals surface area contributed by atoms with Gasteiger partial charge in [0.1, 0.15) is 11.6 Å². The number of fused-ring (bicyclic) bond motifs is 1. The molecule has 0 spiro atoms. The summed E-state index contributed by atoms with van der Waals surface area (Å²) in [5.74, 6) is 1.56. The lowest BCUT2D eigenvalue weighted by Crippen LogP contribution is -2.46. The summed E-state index contributed by atoms with van der Waals surface area (Å²) in [6, 6.07) is 26.0. The van der Waals surface area contributed by atoms with Crippen molar-refractivity contribution in [3.8, 4) is 5.75 Å². The number of hydrogen-bond donors (Lipinski definition) is 3. The van der Waals surface area contributed by atoms with E-state index in [9.17, 15) is 4.79 Å². The summed E-state index contributed by atoms with van der Waals surface area (Å²) in [5, 5.41) is 6.42. The van der Waals surface area contributed by atoms with Gasteiger partial charge in [-0.1, -0.05) is 73.9 Å². The van der Waals surface area contributed by atoms with E-state index in [1.807, 2.05) is 48.5 Å². The summed E-state index contributed by atoms with van der Waals surface area (Å²) in [5.41, 5.74) is 4.24. The highest BCUT2D eigenvalue weighted by Gasteiger charge is 2.34. The Morgan fingerprint density at radius 3 is 2.42 bits per heavy atom. The summed E-state index contributed by atoms with van der Waals surface area (Å²) < 4.78 is 5.30. The Morgan fingerprint density at radius 2 is 1.69 bits per heavy atom. The molecule has 0 saturated heterocycles. The molecule has 6 heteroatoms. The molecule has 5 rings (SSSR count). The van der Waals surface area contributed by atoms with E-state index >= 15 is 0 Å². The molecule has 1 aliphatic carbocycles. The first-order valence-electron chi connectivity index (χ1n) is 12.8. The fraction of sp³-hybridized carbons (Fsp3) is 0.333. The Bertz CT molecular complexity index is 1240. The normalized spacial score (nSPS) is 15.8. The minimum Gasteiger partial charge on any atom is -0.497 e. The highest BCUT2D eigenvalue weighted by atomic mass is 16.5. The van der Waals surface area contributed by atoms with Crippen LogP contribution in [0.1, 0.15) is 55.1 Å². The average Bonchev–Trinajstić information content (AvgIpc) is 3.37. The second kappa shape index (κ2) is 10.9. The van der Waals surface area contributed by atoms with Gasteiger partial charge in [-0.3, -0.25) is 0 Å². The van der Waals surface area contributed by atoms with Gasteiger partial charge in [0.05, 0.1) is 24.2 Å². The maximum Gasteiger partial charge on any atom is 0.315 e. The standard InChI is InChI=1S/C30H34N4O2/c1-36-24-16-14-22(15-17-24)20-27(28-32-25-12-6-7-13-26(25)33-28)34-29(35)31-21-30(18-8-3-9-19-30)23-10-4-2-5-11-23/h2,4-7,10-17,27H,3,8-9,18-21H2,1H3,(H,32,33)(H2,31,34,35). The Morgan fingerprint density at radius 1 is 0.972 bits per heavy atom. The molecule has 1 heterocycles. The van der Waals surface area contributed by atoms with Crippen molar-refractivity contribution < 1.29 is 9.53 Å². The van der Waals surface area contributed by atoms with Crippen LogP contribution in [0.5, 0.6) is 5.75 Å². The minimum atomic E-state index is -0.301. The largest absolute Gasteiger partial charge is 0.497 e. The van der Waals surface area contributed by atoms with Gasteiger partial charge >= 0.3 is 6.03 Å². The average molecular weight is 483 g/mol. The number of aromatic amines is 1. The second-order valence-electron chi connectivity index (χ2n) is 9.78. The van der Waals surface area contributed by atoms with Crippen LogP contribution in [0.2, 0.25) is 0 Å². The number of urea groups is 1. The van der Waals surface area contributed by atoms with E-state index in [-0.39, 0.29) is 17.5 Å². The molecule has 4 aromatic rings. The number of amides is 2. The molecule has 186 valence electrons. The van der Waals surface area contributed by atoms with Crippen molar-refractivity contribution in [2.75, 3.05) is 13.7 Å². The van der Waals surface area contributed by atoms with Gasteiger partial charge in [0.25, 0.3) is 0 Å². The number of nitrogens with zero attached hydrogens (tertiary/aromatic N) is 1. The van der Waals surface area contributed by atoms with Crippen molar-refractivity contribution in [2.45, 2.75) is 50.0 Å². The quantitative estimate of drug-likeness (QED) is 0.286. The van der Waals surface area contributed by atoms with Crippen LogP contribution in [0.25, 0.3) is 11.0 Å². The summed E-state index contributed by atoms with van der Waals surface area (Å²) in [7, 11) is 1.66. The fourth-order valence-corrected chi connectivity index (χ4v) is 5.40. The number of rotatable bonds is 8. The first-order valence-corrected chi connectivity index (χ1v) is 12.8. The Hall–Kier alpha value is -3.80. The van der Waals surface area contributed by atoms with Gasteiger partial charge in [-0.05, 0) is 54.7 Å². The Labute approximate surface area is 212 Å². The van der Waals surface area contributed by atoms with Crippen LogP contribution < -0.4 is 15.4 Å². The van der Waals surface area contributed by atoms with Crippen molar-refractivity contribution in [1.82, 2.24) is 20.6 Å². The fourth-order valence-electron chi connectivity index (χ4n) is 5.40. The zero-order chi connectivity index (χ0) is 24.8. The molecular weight excluding hydrogens is 448 g/mol. The molecule has 1 atom stereocenters. The van der Waals surface area contributed by atoms with E-state index in [0.717, 1.165) is 41.0 Å². The van der Waals surface area contributed by atoms with Crippen molar-refractivity contribution in [3.05, 3.63) is 95.8 Å². The number of nitrogens with one attached hydrogen (secondary N) is 3. The van der Waals surface area contributed by atoms with Crippen LogP contribution in [0, 0.1) is 0 Å². The molecule has 0 radical (unpaired) electrons. The number of carbonyl (C=O) groups is 1. The number of H-pyrrole nitrogens is 1. The lowest BCUT2D eigenvalue weighted by molar-refractivity contribution is 0.225. The SMILES string of the molecule is COc1ccc(CC(NC(=O)NCC2(c3ccccc3)CCCCC2)c2nc3ccccc3[nH]2)cc1. The summed E-state index contributed by atoms with van der Waals surface area (Å²) in [4.78, 5) is 21.5. The van der Waals surface area contributed by atoms with Crippen LogP contribution in [-0.4, -0.2) is 29.7 Å². The molecule has 0 bridgehead atoms. The molecule has 1 unspecified atom stereocenters. The van der Waals surface area contributed by atoms with Gasteiger partial charge in [0.2, 0.25) is 0 Å². The van der Waals surface area contributed by atoms with Gasteiger partial charge in [-0.2, -0.15) is 0 Å². The third kappa shape index (κ3) is 5.38. The molecule has 1 aliphatic rings. The maximum absolute atomic E-state index is 13.3. The first kappa shape index (κ1) is 23.9. The predicted octanol–water partition coefficient (Wildman–Crippen LogP) is 6.06. The maximum atomic E-state index is 13.3. The molecule has 3 aromatic carbocycles. The lowest BCUT2D eigenvalue weighted by atomic mass is 9.69. The van der Waals surface area contributed by atoms with Crippen LogP contribution in [-0.2, 0) is 11.8 Å². The number of benzene rings is 3. The van der Waals surface area contributed by atoms with Crippen molar-refractivity contribution in [3.63, 3.8) is 0 Å². The summed E-state index contributed by atoms with van der Waals surface area (Å²) in [6.45, 7) is 0.623.